The van der Waals surface area contributed by atoms with Gasteiger partial charge in [0.1, 0.15) is 5.82 Å². The highest BCUT2D eigenvalue weighted by atomic mass is 16.5. The van der Waals surface area contributed by atoms with E-state index in [1.807, 2.05) is 13.2 Å². The van der Waals surface area contributed by atoms with E-state index in [9.17, 15) is 0 Å². The van der Waals surface area contributed by atoms with Crippen molar-refractivity contribution in [3.8, 4) is 0 Å². The van der Waals surface area contributed by atoms with Crippen LogP contribution in [0.5, 0.6) is 0 Å². The summed E-state index contributed by atoms with van der Waals surface area (Å²) in [5.74, 6) is 1.87. The van der Waals surface area contributed by atoms with Gasteiger partial charge in [-0.05, 0) is 36.7 Å². The van der Waals surface area contributed by atoms with Crippen LogP contribution in [-0.4, -0.2) is 42.8 Å². The Morgan fingerprint density at radius 3 is 2.72 bits per heavy atom. The van der Waals surface area contributed by atoms with Crippen molar-refractivity contribution in [1.29, 1.82) is 0 Å². The zero-order valence-electron chi connectivity index (χ0n) is 17.9. The van der Waals surface area contributed by atoms with Crippen molar-refractivity contribution in [3.63, 3.8) is 0 Å². The lowest BCUT2D eigenvalue weighted by molar-refractivity contribution is 0.138. The van der Waals surface area contributed by atoms with E-state index in [4.69, 9.17) is 4.74 Å². The molecule has 0 bridgehead atoms. The molecule has 0 saturated heterocycles. The lowest BCUT2D eigenvalue weighted by Crippen LogP contribution is -2.43. The van der Waals surface area contributed by atoms with E-state index in [0.29, 0.717) is 12.0 Å². The van der Waals surface area contributed by atoms with Gasteiger partial charge in [-0.3, -0.25) is 4.99 Å². The number of benzene rings is 1. The van der Waals surface area contributed by atoms with Gasteiger partial charge >= 0.3 is 0 Å². The summed E-state index contributed by atoms with van der Waals surface area (Å²) in [6, 6.07) is 10.6. The second kappa shape index (κ2) is 11.0. The minimum absolute atomic E-state index is 0.335. The van der Waals surface area contributed by atoms with Crippen LogP contribution < -0.4 is 10.6 Å². The number of aromatic nitrogens is 2. The second-order valence-electron chi connectivity index (χ2n) is 8.00. The van der Waals surface area contributed by atoms with E-state index in [1.165, 1.54) is 31.2 Å². The Morgan fingerprint density at radius 2 is 2.00 bits per heavy atom. The molecule has 1 saturated carbocycles. The molecule has 6 nitrogen and oxygen atoms in total. The molecule has 29 heavy (non-hydrogen) atoms. The number of hydrogen-bond donors (Lipinski definition) is 2. The van der Waals surface area contributed by atoms with E-state index in [0.717, 1.165) is 44.3 Å². The first-order valence-electron chi connectivity index (χ1n) is 10.7. The van der Waals surface area contributed by atoms with Gasteiger partial charge in [-0.15, -0.1) is 0 Å². The summed E-state index contributed by atoms with van der Waals surface area (Å²) < 4.78 is 7.55. The Hall–Kier alpha value is -2.34. The molecule has 1 heterocycles. The average Bonchev–Trinajstić information content (AvgIpc) is 3.41. The second-order valence-corrected chi connectivity index (χ2v) is 8.00. The summed E-state index contributed by atoms with van der Waals surface area (Å²) in [4.78, 5) is 8.94. The SMILES string of the molecule is CN=C(NCc1nccn1CCc1ccccc1)NCC1(CCOC)CCCC1. The van der Waals surface area contributed by atoms with E-state index in [-0.39, 0.29) is 0 Å². The Morgan fingerprint density at radius 1 is 1.21 bits per heavy atom. The first-order chi connectivity index (χ1) is 14.2. The quantitative estimate of drug-likeness (QED) is 0.476. The number of aryl methyl sites for hydroxylation is 2. The highest BCUT2D eigenvalue weighted by Gasteiger charge is 2.33. The first-order valence-corrected chi connectivity index (χ1v) is 10.7. The summed E-state index contributed by atoms with van der Waals surface area (Å²) in [5, 5.41) is 6.98. The topological polar surface area (TPSA) is 63.5 Å². The number of rotatable bonds is 10. The number of hydrogen-bond acceptors (Lipinski definition) is 3. The molecule has 0 spiro atoms. The van der Waals surface area contributed by atoms with E-state index in [1.54, 1.807) is 7.11 Å². The first kappa shape index (κ1) is 21.4. The van der Waals surface area contributed by atoms with Crippen LogP contribution in [0.3, 0.4) is 0 Å². The maximum absolute atomic E-state index is 5.34. The summed E-state index contributed by atoms with van der Waals surface area (Å²) in [7, 11) is 3.62. The molecule has 1 fully saturated rings. The van der Waals surface area contributed by atoms with Crippen molar-refractivity contribution in [2.75, 3.05) is 27.3 Å². The van der Waals surface area contributed by atoms with Crippen molar-refractivity contribution in [1.82, 2.24) is 20.2 Å². The fraction of sp³-hybridized carbons (Fsp3) is 0.565. The summed E-state index contributed by atoms with van der Waals surface area (Å²) in [6.45, 7) is 3.35. The predicted molar refractivity (Wildman–Crippen MR) is 118 cm³/mol. The maximum Gasteiger partial charge on any atom is 0.191 e. The number of aliphatic imine (C=N–C) groups is 1. The minimum Gasteiger partial charge on any atom is -0.385 e. The van der Waals surface area contributed by atoms with Crippen molar-refractivity contribution in [2.24, 2.45) is 10.4 Å². The van der Waals surface area contributed by atoms with Gasteiger partial charge in [-0.25, -0.2) is 4.98 Å². The third kappa shape index (κ3) is 6.32. The molecule has 1 aliphatic carbocycles. The Balaban J connectivity index is 1.49. The average molecular weight is 398 g/mol. The highest BCUT2D eigenvalue weighted by molar-refractivity contribution is 5.79. The lowest BCUT2D eigenvalue weighted by Gasteiger charge is -2.29. The molecule has 1 aromatic heterocycles. The molecule has 2 aromatic rings. The van der Waals surface area contributed by atoms with Crippen molar-refractivity contribution < 1.29 is 4.74 Å². The molecule has 1 aromatic carbocycles. The molecule has 0 radical (unpaired) electrons. The highest BCUT2D eigenvalue weighted by Crippen LogP contribution is 2.40. The van der Waals surface area contributed by atoms with E-state index in [2.05, 4.69) is 61.7 Å². The van der Waals surface area contributed by atoms with Gasteiger partial charge < -0.3 is 19.9 Å². The van der Waals surface area contributed by atoms with Crippen LogP contribution >= 0.6 is 0 Å². The number of imidazole rings is 1. The Kier molecular flexibility index (Phi) is 8.11. The van der Waals surface area contributed by atoms with Crippen molar-refractivity contribution in [2.45, 2.75) is 51.6 Å². The largest absolute Gasteiger partial charge is 0.385 e. The van der Waals surface area contributed by atoms with E-state index >= 15 is 0 Å². The lowest BCUT2D eigenvalue weighted by atomic mass is 9.83. The zero-order valence-corrected chi connectivity index (χ0v) is 17.9. The van der Waals surface area contributed by atoms with Gasteiger partial charge in [0.25, 0.3) is 0 Å². The molecule has 0 unspecified atom stereocenters. The molecule has 1 aliphatic rings. The Labute approximate surface area is 174 Å². The molecule has 0 amide bonds. The number of guanidine groups is 1. The Bertz CT molecular complexity index is 750. The van der Waals surface area contributed by atoms with Gasteiger partial charge in [0.05, 0.1) is 6.54 Å². The van der Waals surface area contributed by atoms with Crippen molar-refractivity contribution in [3.05, 3.63) is 54.1 Å². The molecule has 2 N–H and O–H groups in total. The van der Waals surface area contributed by atoms with E-state index < -0.39 is 0 Å². The van der Waals surface area contributed by atoms with Crippen LogP contribution in [0.1, 0.15) is 43.5 Å². The smallest absolute Gasteiger partial charge is 0.191 e. The van der Waals surface area contributed by atoms with Crippen LogP contribution in [0.2, 0.25) is 0 Å². The summed E-state index contributed by atoms with van der Waals surface area (Å²) in [5.41, 5.74) is 1.68. The fourth-order valence-corrected chi connectivity index (χ4v) is 4.22. The molecule has 3 rings (SSSR count). The predicted octanol–water partition coefficient (Wildman–Crippen LogP) is 3.39. The number of nitrogens with zero attached hydrogens (tertiary/aromatic N) is 3. The number of methoxy groups -OCH3 is 1. The minimum atomic E-state index is 0.335. The van der Waals surface area contributed by atoms with Gasteiger partial charge in [0.15, 0.2) is 5.96 Å². The molecule has 158 valence electrons. The van der Waals surface area contributed by atoms with Crippen LogP contribution in [0, 0.1) is 5.41 Å². The van der Waals surface area contributed by atoms with Gasteiger partial charge in [-0.1, -0.05) is 43.2 Å². The maximum atomic E-state index is 5.34. The molecular formula is C23H35N5O. The normalized spacial score (nSPS) is 16.1. The zero-order chi connectivity index (χ0) is 20.4. The third-order valence-electron chi connectivity index (χ3n) is 6.06. The molecule has 0 atom stereocenters. The summed E-state index contributed by atoms with van der Waals surface area (Å²) in [6.07, 6.45) is 11.2. The molecule has 0 aliphatic heterocycles. The van der Waals surface area contributed by atoms with Gasteiger partial charge in [-0.2, -0.15) is 0 Å². The van der Waals surface area contributed by atoms with Crippen LogP contribution in [0.15, 0.2) is 47.7 Å². The fourth-order valence-electron chi connectivity index (χ4n) is 4.22. The van der Waals surface area contributed by atoms with Crippen molar-refractivity contribution >= 4 is 5.96 Å². The van der Waals surface area contributed by atoms with Crippen LogP contribution in [0.25, 0.3) is 0 Å². The molecule has 6 heteroatoms. The number of ether oxygens (including phenoxy) is 1. The van der Waals surface area contributed by atoms with Gasteiger partial charge in [0.2, 0.25) is 0 Å². The van der Waals surface area contributed by atoms with Crippen LogP contribution in [-0.2, 0) is 24.2 Å². The monoisotopic (exact) mass is 397 g/mol. The standard InChI is InChI=1S/C23H35N5O/c1-24-22(27-19-23(13-17-29-2)11-6-7-12-23)26-18-21-25-14-16-28(21)15-10-20-8-4-3-5-9-20/h3-5,8-9,14,16H,6-7,10-13,15,17-19H2,1-2H3,(H2,24,26,27). The van der Waals surface area contributed by atoms with Crippen LogP contribution in [0.4, 0.5) is 0 Å². The number of nitrogens with one attached hydrogen (secondary N) is 2. The molecular weight excluding hydrogens is 362 g/mol. The van der Waals surface area contributed by atoms with Gasteiger partial charge in [0, 0.05) is 46.2 Å². The third-order valence-corrected chi connectivity index (χ3v) is 6.06. The summed E-state index contributed by atoms with van der Waals surface area (Å²) >= 11 is 0.